The topological polar surface area (TPSA) is 80.8 Å². The first-order valence-electron chi connectivity index (χ1n) is 8.04. The minimum Gasteiger partial charge on any atom is -0.454 e. The highest BCUT2D eigenvalue weighted by atomic mass is 16.7. The Kier molecular flexibility index (Phi) is 3.76. The lowest BCUT2D eigenvalue weighted by Crippen LogP contribution is -2.37. The van der Waals surface area contributed by atoms with Gasteiger partial charge >= 0.3 is 0 Å². The van der Waals surface area contributed by atoms with E-state index in [2.05, 4.69) is 10.3 Å². The number of amides is 2. The molecule has 2 aliphatic heterocycles. The van der Waals surface area contributed by atoms with Crippen LogP contribution in [0.25, 0.3) is 0 Å². The van der Waals surface area contributed by atoms with Crippen molar-refractivity contribution in [1.29, 1.82) is 0 Å². The molecule has 3 heterocycles. The van der Waals surface area contributed by atoms with Gasteiger partial charge in [0.1, 0.15) is 0 Å². The number of hydrogen-bond donors (Lipinski definition) is 1. The summed E-state index contributed by atoms with van der Waals surface area (Å²) in [7, 11) is 0. The number of hydrogen-bond acceptors (Lipinski definition) is 5. The number of aryl methyl sites for hydroxylation is 1. The predicted molar refractivity (Wildman–Crippen MR) is 89.8 cm³/mol. The van der Waals surface area contributed by atoms with Crippen molar-refractivity contribution in [1.82, 2.24) is 10.3 Å². The van der Waals surface area contributed by atoms with Gasteiger partial charge in [0.25, 0.3) is 5.91 Å². The predicted octanol–water partition coefficient (Wildman–Crippen LogP) is 1.65. The second kappa shape index (κ2) is 6.08. The lowest BCUT2D eigenvalue weighted by atomic mass is 10.2. The van der Waals surface area contributed by atoms with Gasteiger partial charge in [-0.15, -0.1) is 0 Å². The Balaban J connectivity index is 1.45. The number of anilines is 1. The van der Waals surface area contributed by atoms with Crippen LogP contribution in [-0.4, -0.2) is 36.2 Å². The molecule has 1 aromatic carbocycles. The number of fused-ring (bicyclic) bond motifs is 1. The Hall–Kier alpha value is -3.09. The van der Waals surface area contributed by atoms with Gasteiger partial charge in [0.2, 0.25) is 12.7 Å². The van der Waals surface area contributed by atoms with Crippen molar-refractivity contribution in [3.63, 3.8) is 0 Å². The number of benzene rings is 1. The second-order valence-corrected chi connectivity index (χ2v) is 6.10. The third kappa shape index (κ3) is 3.00. The Morgan fingerprint density at radius 1 is 1.24 bits per heavy atom. The summed E-state index contributed by atoms with van der Waals surface area (Å²) in [6, 6.07) is 8.66. The van der Waals surface area contributed by atoms with Gasteiger partial charge in [-0.05, 0) is 31.2 Å². The van der Waals surface area contributed by atoms with Crippen LogP contribution in [0.1, 0.15) is 22.5 Å². The van der Waals surface area contributed by atoms with Crippen LogP contribution in [0.4, 0.5) is 5.69 Å². The lowest BCUT2D eigenvalue weighted by Gasteiger charge is -2.17. The fourth-order valence-corrected chi connectivity index (χ4v) is 2.98. The maximum Gasteiger partial charge on any atom is 0.253 e. The van der Waals surface area contributed by atoms with E-state index >= 15 is 0 Å². The lowest BCUT2D eigenvalue weighted by molar-refractivity contribution is -0.117. The molecular formula is C18H17N3O4. The number of aromatic nitrogens is 1. The van der Waals surface area contributed by atoms with Crippen LogP contribution in [0, 0.1) is 6.92 Å². The molecular weight excluding hydrogens is 322 g/mol. The summed E-state index contributed by atoms with van der Waals surface area (Å²) >= 11 is 0. The molecule has 1 saturated heterocycles. The summed E-state index contributed by atoms with van der Waals surface area (Å²) in [4.78, 5) is 30.4. The number of carbonyl (C=O) groups excluding carboxylic acids is 2. The van der Waals surface area contributed by atoms with E-state index in [0.717, 1.165) is 11.4 Å². The van der Waals surface area contributed by atoms with Gasteiger partial charge in [-0.2, -0.15) is 0 Å². The fourth-order valence-electron chi connectivity index (χ4n) is 2.98. The van der Waals surface area contributed by atoms with Crippen molar-refractivity contribution in [2.24, 2.45) is 0 Å². The molecule has 0 aliphatic carbocycles. The van der Waals surface area contributed by atoms with Crippen molar-refractivity contribution in [2.75, 3.05) is 18.2 Å². The molecule has 0 spiro atoms. The largest absolute Gasteiger partial charge is 0.454 e. The van der Waals surface area contributed by atoms with Crippen LogP contribution < -0.4 is 19.7 Å². The van der Waals surface area contributed by atoms with Gasteiger partial charge in [-0.25, -0.2) is 0 Å². The van der Waals surface area contributed by atoms with Gasteiger partial charge in [0, 0.05) is 36.6 Å². The molecule has 128 valence electrons. The van der Waals surface area contributed by atoms with Crippen molar-refractivity contribution < 1.29 is 19.1 Å². The van der Waals surface area contributed by atoms with Gasteiger partial charge in [0.05, 0.1) is 11.6 Å². The van der Waals surface area contributed by atoms with Crippen LogP contribution in [0.5, 0.6) is 11.5 Å². The zero-order valence-electron chi connectivity index (χ0n) is 13.7. The van der Waals surface area contributed by atoms with E-state index in [1.165, 1.54) is 6.20 Å². The molecule has 2 aliphatic rings. The van der Waals surface area contributed by atoms with Gasteiger partial charge in [-0.3, -0.25) is 14.6 Å². The summed E-state index contributed by atoms with van der Waals surface area (Å²) in [6.07, 6.45) is 1.80. The third-order valence-electron chi connectivity index (χ3n) is 4.30. The van der Waals surface area contributed by atoms with Crippen molar-refractivity contribution in [2.45, 2.75) is 19.4 Å². The minimum atomic E-state index is -0.244. The van der Waals surface area contributed by atoms with Crippen molar-refractivity contribution >= 4 is 17.5 Å². The molecule has 4 rings (SSSR count). The standard InChI is InChI=1S/C18H17N3O4/c1-11-2-3-12(8-19-11)18(23)20-13-6-17(22)21(9-13)14-4-5-15-16(7-14)25-10-24-15/h2-5,7-8,13H,6,9-10H2,1H3,(H,20,23)/t13-/m0/s1. The highest BCUT2D eigenvalue weighted by molar-refractivity contribution is 5.99. The molecule has 7 nitrogen and oxygen atoms in total. The molecule has 25 heavy (non-hydrogen) atoms. The molecule has 2 aromatic rings. The highest BCUT2D eigenvalue weighted by Gasteiger charge is 2.32. The molecule has 0 unspecified atom stereocenters. The molecule has 1 aromatic heterocycles. The van der Waals surface area contributed by atoms with E-state index in [4.69, 9.17) is 9.47 Å². The highest BCUT2D eigenvalue weighted by Crippen LogP contribution is 2.36. The zero-order chi connectivity index (χ0) is 17.4. The number of pyridine rings is 1. The zero-order valence-corrected chi connectivity index (χ0v) is 13.7. The molecule has 1 fully saturated rings. The molecule has 0 radical (unpaired) electrons. The second-order valence-electron chi connectivity index (χ2n) is 6.10. The smallest absolute Gasteiger partial charge is 0.253 e. The van der Waals surface area contributed by atoms with E-state index in [9.17, 15) is 9.59 Å². The normalized spacial score (nSPS) is 18.5. The van der Waals surface area contributed by atoms with Crippen molar-refractivity contribution in [3.05, 3.63) is 47.8 Å². The summed E-state index contributed by atoms with van der Waals surface area (Å²) in [5.74, 6) is 1.04. The molecule has 1 N–H and O–H groups in total. The Labute approximate surface area is 144 Å². The van der Waals surface area contributed by atoms with Crippen LogP contribution in [-0.2, 0) is 4.79 Å². The van der Waals surface area contributed by atoms with E-state index < -0.39 is 0 Å². The Bertz CT molecular complexity index is 835. The van der Waals surface area contributed by atoms with E-state index in [0.29, 0.717) is 23.6 Å². The van der Waals surface area contributed by atoms with Gasteiger partial charge in [-0.1, -0.05) is 0 Å². The van der Waals surface area contributed by atoms with Gasteiger partial charge < -0.3 is 19.7 Å². The number of rotatable bonds is 3. The molecule has 7 heteroatoms. The SMILES string of the molecule is Cc1ccc(C(=O)N[C@H]2CC(=O)N(c3ccc4c(c3)OCO4)C2)cn1. The third-order valence-corrected chi connectivity index (χ3v) is 4.30. The van der Waals surface area contributed by atoms with Crippen LogP contribution in [0.15, 0.2) is 36.5 Å². The summed E-state index contributed by atoms with van der Waals surface area (Å²) < 4.78 is 10.6. The Morgan fingerprint density at radius 3 is 2.88 bits per heavy atom. The maximum absolute atomic E-state index is 12.3. The van der Waals surface area contributed by atoms with Crippen LogP contribution in [0.2, 0.25) is 0 Å². The van der Waals surface area contributed by atoms with E-state index in [1.54, 1.807) is 29.2 Å². The minimum absolute atomic E-state index is 0.0359. The molecule has 1 atom stereocenters. The first-order valence-corrected chi connectivity index (χ1v) is 8.04. The number of carbonyl (C=O) groups is 2. The maximum atomic E-state index is 12.3. The average Bonchev–Trinajstić information content (AvgIpc) is 3.21. The number of ether oxygens (including phenoxy) is 2. The monoisotopic (exact) mass is 339 g/mol. The van der Waals surface area contributed by atoms with E-state index in [-0.39, 0.29) is 31.1 Å². The van der Waals surface area contributed by atoms with E-state index in [1.807, 2.05) is 13.0 Å². The average molecular weight is 339 g/mol. The van der Waals surface area contributed by atoms with Crippen LogP contribution in [0.3, 0.4) is 0 Å². The van der Waals surface area contributed by atoms with Crippen molar-refractivity contribution in [3.8, 4) is 11.5 Å². The van der Waals surface area contributed by atoms with Gasteiger partial charge in [0.15, 0.2) is 11.5 Å². The molecule has 2 amide bonds. The number of nitrogens with one attached hydrogen (secondary N) is 1. The quantitative estimate of drug-likeness (QED) is 0.920. The number of nitrogens with zero attached hydrogens (tertiary/aromatic N) is 2. The Morgan fingerprint density at radius 2 is 2.08 bits per heavy atom. The fraction of sp³-hybridized carbons (Fsp3) is 0.278. The molecule has 0 bridgehead atoms. The summed E-state index contributed by atoms with van der Waals surface area (Å²) in [6.45, 7) is 2.47. The first kappa shape index (κ1) is 15.4. The van der Waals surface area contributed by atoms with Crippen LogP contribution >= 0.6 is 0 Å². The summed E-state index contributed by atoms with van der Waals surface area (Å²) in [5.41, 5.74) is 2.07. The molecule has 0 saturated carbocycles. The summed E-state index contributed by atoms with van der Waals surface area (Å²) in [5, 5.41) is 2.90. The first-order chi connectivity index (χ1) is 12.1.